The number of nitrogens with zero attached hydrogens (tertiary/aromatic N) is 2. The van der Waals surface area contributed by atoms with E-state index >= 15 is 0 Å². The molecule has 1 aliphatic heterocycles. The lowest BCUT2D eigenvalue weighted by atomic mass is 10.2. The molecule has 0 saturated carbocycles. The lowest BCUT2D eigenvalue weighted by Crippen LogP contribution is -1.80. The highest BCUT2D eigenvalue weighted by Crippen LogP contribution is 2.11. The summed E-state index contributed by atoms with van der Waals surface area (Å²) in [5.41, 5.74) is 0.953. The van der Waals surface area contributed by atoms with Gasteiger partial charge >= 0.3 is 0 Å². The number of nitriles is 1. The van der Waals surface area contributed by atoms with Crippen molar-refractivity contribution in [2.75, 3.05) is 6.54 Å². The van der Waals surface area contributed by atoms with Crippen molar-refractivity contribution in [1.29, 1.82) is 5.26 Å². The zero-order valence-corrected chi connectivity index (χ0v) is 6.13. The average Bonchev–Trinajstić information content (AvgIpc) is 2.13. The van der Waals surface area contributed by atoms with Crippen LogP contribution in [-0.4, -0.2) is 12.8 Å². The van der Waals surface area contributed by atoms with Gasteiger partial charge in [-0.1, -0.05) is 5.57 Å². The molecule has 1 rings (SSSR count). The van der Waals surface area contributed by atoms with E-state index in [0.717, 1.165) is 11.8 Å². The molecule has 0 bridgehead atoms. The van der Waals surface area contributed by atoms with Gasteiger partial charge in [-0.3, -0.25) is 4.99 Å². The molecule has 1 aliphatic rings. The van der Waals surface area contributed by atoms with Gasteiger partial charge in [-0.25, -0.2) is 4.39 Å². The molecule has 0 spiro atoms. The number of aliphatic imine (C=N–C) groups is 1. The van der Waals surface area contributed by atoms with Crippen LogP contribution in [0.25, 0.3) is 0 Å². The molecule has 1 heterocycles. The summed E-state index contributed by atoms with van der Waals surface area (Å²) in [5, 5.41) is 8.45. The number of allylic oxidation sites excluding steroid dienone is 3. The Morgan fingerprint density at radius 1 is 1.73 bits per heavy atom. The molecule has 2 nitrogen and oxygen atoms in total. The molecule has 0 N–H and O–H groups in total. The first kappa shape index (κ1) is 7.67. The van der Waals surface area contributed by atoms with Crippen molar-refractivity contribution in [1.82, 2.24) is 0 Å². The van der Waals surface area contributed by atoms with E-state index < -0.39 is 5.83 Å². The highest BCUT2D eigenvalue weighted by atomic mass is 19.1. The summed E-state index contributed by atoms with van der Waals surface area (Å²) in [6.45, 7) is 2.28. The second kappa shape index (κ2) is 3.11. The van der Waals surface area contributed by atoms with E-state index in [4.69, 9.17) is 5.26 Å². The summed E-state index contributed by atoms with van der Waals surface area (Å²) in [6, 6.07) is 1.76. The Labute approximate surface area is 64.4 Å². The first-order valence-electron chi connectivity index (χ1n) is 3.21. The maximum absolute atomic E-state index is 12.7. The molecule has 0 aromatic carbocycles. The van der Waals surface area contributed by atoms with Crippen LogP contribution in [-0.2, 0) is 0 Å². The molecule has 0 fully saturated rings. The quantitative estimate of drug-likeness (QED) is 0.518. The van der Waals surface area contributed by atoms with E-state index in [-0.39, 0.29) is 5.57 Å². The van der Waals surface area contributed by atoms with Crippen molar-refractivity contribution in [2.45, 2.75) is 6.92 Å². The fourth-order valence-corrected chi connectivity index (χ4v) is 0.786. The topological polar surface area (TPSA) is 36.1 Å². The maximum atomic E-state index is 12.7. The number of rotatable bonds is 0. The Morgan fingerprint density at radius 2 is 2.45 bits per heavy atom. The molecule has 0 radical (unpaired) electrons. The Morgan fingerprint density at radius 3 is 3.09 bits per heavy atom. The van der Waals surface area contributed by atoms with Gasteiger partial charge in [0.2, 0.25) is 0 Å². The Hall–Kier alpha value is -1.43. The largest absolute Gasteiger partial charge is 0.286 e. The second-order valence-corrected chi connectivity index (χ2v) is 2.33. The maximum Gasteiger partial charge on any atom is 0.158 e. The van der Waals surface area contributed by atoms with Crippen LogP contribution in [0.1, 0.15) is 6.92 Å². The Bertz CT molecular complexity index is 292. The van der Waals surface area contributed by atoms with Crippen molar-refractivity contribution >= 4 is 6.21 Å². The molecule has 0 amide bonds. The lowest BCUT2D eigenvalue weighted by Gasteiger charge is -1.89. The third kappa shape index (κ3) is 1.74. The van der Waals surface area contributed by atoms with Crippen molar-refractivity contribution in [3.63, 3.8) is 0 Å². The van der Waals surface area contributed by atoms with Crippen molar-refractivity contribution < 1.29 is 4.39 Å². The first-order valence-corrected chi connectivity index (χ1v) is 3.21. The molecule has 3 heteroatoms. The van der Waals surface area contributed by atoms with Gasteiger partial charge in [-0.05, 0) is 13.0 Å². The van der Waals surface area contributed by atoms with E-state index in [0.29, 0.717) is 6.54 Å². The fraction of sp³-hybridized carbons (Fsp3) is 0.250. The molecule has 0 unspecified atom stereocenters. The molecular formula is C8H7FN2. The van der Waals surface area contributed by atoms with Gasteiger partial charge < -0.3 is 0 Å². The highest BCUT2D eigenvalue weighted by molar-refractivity contribution is 5.79. The average molecular weight is 150 g/mol. The molecule has 0 saturated heterocycles. The van der Waals surface area contributed by atoms with Gasteiger partial charge in [-0.2, -0.15) is 5.26 Å². The van der Waals surface area contributed by atoms with Gasteiger partial charge in [0.15, 0.2) is 5.83 Å². The standard InChI is InChI=1S/C8H7FN2/c1-6-2-7(3-10)8(9)5-11-4-6/h2,5H,4H2,1H3. The highest BCUT2D eigenvalue weighted by Gasteiger charge is 2.04. The molecule has 0 aromatic heterocycles. The van der Waals surface area contributed by atoms with Crippen LogP contribution in [0.3, 0.4) is 0 Å². The number of hydrogen-bond donors (Lipinski definition) is 0. The van der Waals surface area contributed by atoms with Gasteiger partial charge in [0.25, 0.3) is 0 Å². The van der Waals surface area contributed by atoms with Gasteiger partial charge in [-0.15, -0.1) is 0 Å². The van der Waals surface area contributed by atoms with Crippen molar-refractivity contribution in [3.8, 4) is 6.07 Å². The third-order valence-corrected chi connectivity index (χ3v) is 1.31. The predicted molar refractivity (Wildman–Crippen MR) is 40.9 cm³/mol. The van der Waals surface area contributed by atoms with Crippen LogP contribution < -0.4 is 0 Å². The van der Waals surface area contributed by atoms with E-state index in [1.165, 1.54) is 6.08 Å². The Kier molecular flexibility index (Phi) is 2.17. The van der Waals surface area contributed by atoms with Crippen LogP contribution in [0.5, 0.6) is 0 Å². The van der Waals surface area contributed by atoms with E-state index in [9.17, 15) is 4.39 Å². The zero-order chi connectivity index (χ0) is 8.27. The molecular weight excluding hydrogens is 143 g/mol. The minimum Gasteiger partial charge on any atom is -0.286 e. The zero-order valence-electron chi connectivity index (χ0n) is 6.13. The fourth-order valence-electron chi connectivity index (χ4n) is 0.786. The van der Waals surface area contributed by atoms with Gasteiger partial charge in [0.1, 0.15) is 6.07 Å². The molecule has 0 aliphatic carbocycles. The van der Waals surface area contributed by atoms with Crippen molar-refractivity contribution in [3.05, 3.63) is 23.0 Å². The summed E-state index contributed by atoms with van der Waals surface area (Å²) >= 11 is 0. The summed E-state index contributed by atoms with van der Waals surface area (Å²) in [4.78, 5) is 3.75. The first-order chi connectivity index (χ1) is 5.24. The van der Waals surface area contributed by atoms with Gasteiger partial charge in [0, 0.05) is 0 Å². The lowest BCUT2D eigenvalue weighted by molar-refractivity contribution is 0.681. The smallest absolute Gasteiger partial charge is 0.158 e. The molecule has 0 atom stereocenters. The Balaban J connectivity index is 3.10. The molecule has 0 aromatic rings. The predicted octanol–water partition coefficient (Wildman–Crippen LogP) is 1.76. The SMILES string of the molecule is CC1=CC(C#N)=C(F)C=NC1. The van der Waals surface area contributed by atoms with Crippen LogP contribution in [0, 0.1) is 11.3 Å². The molecule has 11 heavy (non-hydrogen) atoms. The minimum absolute atomic E-state index is 0.0590. The van der Waals surface area contributed by atoms with E-state index in [1.807, 2.05) is 6.92 Å². The summed E-state index contributed by atoms with van der Waals surface area (Å²) in [5.74, 6) is -0.552. The van der Waals surface area contributed by atoms with Crippen LogP contribution >= 0.6 is 0 Å². The van der Waals surface area contributed by atoms with Crippen LogP contribution in [0.15, 0.2) is 28.0 Å². The second-order valence-electron chi connectivity index (χ2n) is 2.33. The van der Waals surface area contributed by atoms with Crippen LogP contribution in [0.2, 0.25) is 0 Å². The molecule has 56 valence electrons. The third-order valence-electron chi connectivity index (χ3n) is 1.31. The summed E-state index contributed by atoms with van der Waals surface area (Å²) < 4.78 is 12.7. The summed E-state index contributed by atoms with van der Waals surface area (Å²) in [7, 11) is 0. The summed E-state index contributed by atoms with van der Waals surface area (Å²) in [6.07, 6.45) is 2.61. The van der Waals surface area contributed by atoms with Gasteiger partial charge in [0.05, 0.1) is 18.3 Å². The minimum atomic E-state index is -0.552. The monoisotopic (exact) mass is 150 g/mol. The number of halogens is 1. The van der Waals surface area contributed by atoms with E-state index in [1.54, 1.807) is 6.07 Å². The van der Waals surface area contributed by atoms with Crippen molar-refractivity contribution in [2.24, 2.45) is 4.99 Å². The number of hydrogen-bond acceptors (Lipinski definition) is 2. The van der Waals surface area contributed by atoms with E-state index in [2.05, 4.69) is 4.99 Å². The van der Waals surface area contributed by atoms with Crippen LogP contribution in [0.4, 0.5) is 4.39 Å². The normalized spacial score (nSPS) is 17.4.